The number of nitrogens with one attached hydrogen (secondary N) is 1. The predicted molar refractivity (Wildman–Crippen MR) is 65.8 cm³/mol. The fourth-order valence-corrected chi connectivity index (χ4v) is 2.28. The molecule has 0 radical (unpaired) electrons. The first-order valence-electron chi connectivity index (χ1n) is 5.94. The van der Waals surface area contributed by atoms with E-state index in [2.05, 4.69) is 5.32 Å². The lowest BCUT2D eigenvalue weighted by atomic mass is 9.96. The number of hydrogen-bond donors (Lipinski definition) is 2. The molecule has 1 atom stereocenters. The third-order valence-corrected chi connectivity index (χ3v) is 3.22. The van der Waals surface area contributed by atoms with Crippen LogP contribution < -0.4 is 14.8 Å². The first-order valence-corrected chi connectivity index (χ1v) is 5.94. The molecule has 1 aliphatic rings. The van der Waals surface area contributed by atoms with E-state index in [0.29, 0.717) is 11.5 Å². The van der Waals surface area contributed by atoms with Gasteiger partial charge in [-0.1, -0.05) is 6.42 Å². The van der Waals surface area contributed by atoms with E-state index in [1.807, 2.05) is 6.07 Å². The van der Waals surface area contributed by atoms with Gasteiger partial charge in [-0.25, -0.2) is 0 Å². The molecule has 4 heteroatoms. The molecule has 1 aromatic carbocycles. The van der Waals surface area contributed by atoms with Gasteiger partial charge in [-0.2, -0.15) is 0 Å². The maximum Gasteiger partial charge on any atom is 0.164 e. The Hall–Kier alpha value is -1.42. The van der Waals surface area contributed by atoms with Crippen LogP contribution in [-0.2, 0) is 0 Å². The highest BCUT2D eigenvalue weighted by Gasteiger charge is 2.20. The molecule has 17 heavy (non-hydrogen) atoms. The van der Waals surface area contributed by atoms with E-state index in [1.54, 1.807) is 20.3 Å². The van der Waals surface area contributed by atoms with E-state index in [4.69, 9.17) is 9.47 Å². The zero-order chi connectivity index (χ0) is 12.3. The van der Waals surface area contributed by atoms with Crippen LogP contribution in [0.1, 0.15) is 30.9 Å². The largest absolute Gasteiger partial charge is 0.507 e. The molecule has 0 spiro atoms. The van der Waals surface area contributed by atoms with E-state index < -0.39 is 0 Å². The predicted octanol–water partition coefficient (Wildman–Crippen LogP) is 2.22. The van der Waals surface area contributed by atoms with Gasteiger partial charge in [0, 0.05) is 17.7 Å². The second-order valence-electron chi connectivity index (χ2n) is 4.27. The molecule has 1 saturated heterocycles. The SMILES string of the molecule is COc1cc(O)c(C2CCCCN2)cc1OC. The average Bonchev–Trinajstić information content (AvgIpc) is 2.39. The molecule has 2 N–H and O–H groups in total. The quantitative estimate of drug-likeness (QED) is 0.846. The fourth-order valence-electron chi connectivity index (χ4n) is 2.28. The summed E-state index contributed by atoms with van der Waals surface area (Å²) in [5.41, 5.74) is 0.891. The van der Waals surface area contributed by atoms with Gasteiger partial charge in [-0.15, -0.1) is 0 Å². The van der Waals surface area contributed by atoms with Crippen molar-refractivity contribution in [1.82, 2.24) is 5.32 Å². The van der Waals surface area contributed by atoms with Crippen molar-refractivity contribution in [2.24, 2.45) is 0 Å². The lowest BCUT2D eigenvalue weighted by Crippen LogP contribution is -2.26. The topological polar surface area (TPSA) is 50.7 Å². The van der Waals surface area contributed by atoms with Crippen molar-refractivity contribution in [2.75, 3.05) is 20.8 Å². The highest BCUT2D eigenvalue weighted by molar-refractivity contribution is 5.51. The fraction of sp³-hybridized carbons (Fsp3) is 0.538. The molecule has 94 valence electrons. The van der Waals surface area contributed by atoms with E-state index in [9.17, 15) is 5.11 Å². The van der Waals surface area contributed by atoms with E-state index in [1.165, 1.54) is 12.8 Å². The Morgan fingerprint density at radius 1 is 1.18 bits per heavy atom. The van der Waals surface area contributed by atoms with Gasteiger partial charge in [-0.3, -0.25) is 0 Å². The number of benzene rings is 1. The number of methoxy groups -OCH3 is 2. The van der Waals surface area contributed by atoms with Crippen LogP contribution in [0.2, 0.25) is 0 Å². The van der Waals surface area contributed by atoms with Crippen LogP contribution in [0.5, 0.6) is 17.2 Å². The molecule has 0 amide bonds. The maximum absolute atomic E-state index is 10.0. The van der Waals surface area contributed by atoms with Crippen molar-refractivity contribution in [3.63, 3.8) is 0 Å². The third-order valence-electron chi connectivity index (χ3n) is 3.22. The zero-order valence-corrected chi connectivity index (χ0v) is 10.3. The molecule has 1 aromatic rings. The Morgan fingerprint density at radius 2 is 1.88 bits per heavy atom. The van der Waals surface area contributed by atoms with Crippen molar-refractivity contribution in [1.29, 1.82) is 0 Å². The molecule has 0 aliphatic carbocycles. The zero-order valence-electron chi connectivity index (χ0n) is 10.3. The molecule has 2 rings (SSSR count). The second-order valence-corrected chi connectivity index (χ2v) is 4.27. The van der Waals surface area contributed by atoms with Gasteiger partial charge in [0.15, 0.2) is 11.5 Å². The first kappa shape index (κ1) is 12.0. The van der Waals surface area contributed by atoms with Crippen molar-refractivity contribution in [2.45, 2.75) is 25.3 Å². The average molecular weight is 237 g/mol. The Bertz CT molecular complexity index is 386. The highest BCUT2D eigenvalue weighted by Crippen LogP contribution is 2.38. The first-order chi connectivity index (χ1) is 8.26. The summed E-state index contributed by atoms with van der Waals surface area (Å²) >= 11 is 0. The Morgan fingerprint density at radius 3 is 2.47 bits per heavy atom. The van der Waals surface area contributed by atoms with Crippen molar-refractivity contribution in [3.8, 4) is 17.2 Å². The maximum atomic E-state index is 10.0. The van der Waals surface area contributed by atoms with Gasteiger partial charge < -0.3 is 19.9 Å². The van der Waals surface area contributed by atoms with Gasteiger partial charge in [0.2, 0.25) is 0 Å². The summed E-state index contributed by atoms with van der Waals surface area (Å²) in [7, 11) is 3.17. The van der Waals surface area contributed by atoms with E-state index in [-0.39, 0.29) is 11.8 Å². The molecule has 1 aliphatic heterocycles. The standard InChI is InChI=1S/C13H19NO3/c1-16-12-7-9(10-5-3-4-6-14-10)11(15)8-13(12)17-2/h7-8,10,14-15H,3-6H2,1-2H3. The van der Waals surface area contributed by atoms with E-state index >= 15 is 0 Å². The van der Waals surface area contributed by atoms with Gasteiger partial charge in [0.25, 0.3) is 0 Å². The van der Waals surface area contributed by atoms with Crippen molar-refractivity contribution >= 4 is 0 Å². The Balaban J connectivity index is 2.32. The van der Waals surface area contributed by atoms with Crippen LogP contribution in [0.15, 0.2) is 12.1 Å². The minimum absolute atomic E-state index is 0.212. The van der Waals surface area contributed by atoms with Gasteiger partial charge in [0.05, 0.1) is 14.2 Å². The number of aromatic hydroxyl groups is 1. The molecule has 0 saturated carbocycles. The summed E-state index contributed by atoms with van der Waals surface area (Å²) < 4.78 is 10.4. The summed E-state index contributed by atoms with van der Waals surface area (Å²) in [5, 5.41) is 13.4. The number of phenolic OH excluding ortho intramolecular Hbond substituents is 1. The Kier molecular flexibility index (Phi) is 3.74. The summed E-state index contributed by atoms with van der Waals surface area (Å²) in [6.07, 6.45) is 3.43. The Labute approximate surface area is 102 Å². The van der Waals surface area contributed by atoms with Crippen LogP contribution in [0.4, 0.5) is 0 Å². The second kappa shape index (κ2) is 5.27. The van der Waals surface area contributed by atoms with Crippen molar-refractivity contribution < 1.29 is 14.6 Å². The molecular weight excluding hydrogens is 218 g/mol. The van der Waals surface area contributed by atoms with Crippen LogP contribution in [-0.4, -0.2) is 25.9 Å². The molecule has 1 heterocycles. The van der Waals surface area contributed by atoms with Crippen LogP contribution in [0.3, 0.4) is 0 Å². The van der Waals surface area contributed by atoms with Gasteiger partial charge in [-0.05, 0) is 25.5 Å². The number of piperidine rings is 1. The normalized spacial score (nSPS) is 20.0. The number of phenols is 1. The number of rotatable bonds is 3. The summed E-state index contributed by atoms with van der Waals surface area (Å²) in [4.78, 5) is 0. The van der Waals surface area contributed by atoms with Crippen LogP contribution >= 0.6 is 0 Å². The number of hydrogen-bond acceptors (Lipinski definition) is 4. The van der Waals surface area contributed by atoms with E-state index in [0.717, 1.165) is 18.5 Å². The summed E-state index contributed by atoms with van der Waals surface area (Å²) in [5.74, 6) is 1.49. The summed E-state index contributed by atoms with van der Waals surface area (Å²) in [6, 6.07) is 3.69. The summed E-state index contributed by atoms with van der Waals surface area (Å²) in [6.45, 7) is 0.998. The lowest BCUT2D eigenvalue weighted by Gasteiger charge is -2.25. The third kappa shape index (κ3) is 2.47. The minimum atomic E-state index is 0.212. The smallest absolute Gasteiger partial charge is 0.164 e. The molecule has 4 nitrogen and oxygen atoms in total. The molecule has 1 unspecified atom stereocenters. The molecule has 1 fully saturated rings. The molecule has 0 aromatic heterocycles. The lowest BCUT2D eigenvalue weighted by molar-refractivity contribution is 0.344. The van der Waals surface area contributed by atoms with Gasteiger partial charge >= 0.3 is 0 Å². The monoisotopic (exact) mass is 237 g/mol. The van der Waals surface area contributed by atoms with Gasteiger partial charge in [0.1, 0.15) is 5.75 Å². The number of ether oxygens (including phenoxy) is 2. The molecule has 0 bridgehead atoms. The van der Waals surface area contributed by atoms with Crippen LogP contribution in [0.25, 0.3) is 0 Å². The van der Waals surface area contributed by atoms with Crippen molar-refractivity contribution in [3.05, 3.63) is 17.7 Å². The molecular formula is C13H19NO3. The highest BCUT2D eigenvalue weighted by atomic mass is 16.5. The minimum Gasteiger partial charge on any atom is -0.507 e. The van der Waals surface area contributed by atoms with Crippen LogP contribution in [0, 0.1) is 0 Å².